The molecule has 1 aliphatic carbocycles. The van der Waals surface area contributed by atoms with Crippen LogP contribution in [-0.2, 0) is 9.59 Å². The Hall–Kier alpha value is -1.06. The van der Waals surface area contributed by atoms with Gasteiger partial charge < -0.3 is 10.0 Å². The molecule has 0 spiro atoms. The zero-order chi connectivity index (χ0) is 13.0. The number of carboxylic acid groups (broad SMARTS) is 1. The summed E-state index contributed by atoms with van der Waals surface area (Å²) in [4.78, 5) is 24.8. The Morgan fingerprint density at radius 3 is 2.24 bits per heavy atom. The van der Waals surface area contributed by atoms with Crippen molar-refractivity contribution in [2.45, 2.75) is 46.6 Å². The number of aliphatic carboxylic acids is 1. The van der Waals surface area contributed by atoms with E-state index in [0.29, 0.717) is 19.4 Å². The fourth-order valence-corrected chi connectivity index (χ4v) is 3.26. The lowest BCUT2D eigenvalue weighted by molar-refractivity contribution is -0.148. The molecule has 1 saturated heterocycles. The number of carbonyl (C=O) groups excluding carboxylic acids is 1. The third kappa shape index (κ3) is 1.65. The predicted octanol–water partition coefficient (Wildman–Crippen LogP) is 1.74. The fourth-order valence-electron chi connectivity index (χ4n) is 3.26. The number of rotatable bonds is 2. The van der Waals surface area contributed by atoms with Crippen molar-refractivity contribution in [3.8, 4) is 0 Å². The molecule has 1 heterocycles. The molecule has 1 saturated carbocycles. The maximum absolute atomic E-state index is 12.0. The highest BCUT2D eigenvalue weighted by atomic mass is 16.4. The molecule has 2 aliphatic rings. The molecule has 0 aromatic carbocycles. The first-order chi connectivity index (χ1) is 7.69. The van der Waals surface area contributed by atoms with Gasteiger partial charge in [0.15, 0.2) is 0 Å². The third-order valence-corrected chi connectivity index (χ3v) is 5.05. The summed E-state index contributed by atoms with van der Waals surface area (Å²) in [6, 6.07) is 0.185. The minimum absolute atomic E-state index is 0.0864. The monoisotopic (exact) mass is 239 g/mol. The summed E-state index contributed by atoms with van der Waals surface area (Å²) < 4.78 is 0. The third-order valence-electron chi connectivity index (χ3n) is 5.05. The summed E-state index contributed by atoms with van der Waals surface area (Å²) in [5, 5.41) is 9.07. The second-order valence-corrected chi connectivity index (χ2v) is 6.47. The van der Waals surface area contributed by atoms with Crippen LogP contribution in [0.1, 0.15) is 40.5 Å². The molecule has 0 aromatic rings. The van der Waals surface area contributed by atoms with Crippen LogP contribution in [0, 0.1) is 16.7 Å². The van der Waals surface area contributed by atoms with E-state index in [1.54, 1.807) is 0 Å². The van der Waals surface area contributed by atoms with Crippen LogP contribution >= 0.6 is 0 Å². The lowest BCUT2D eigenvalue weighted by atomic mass is 9.97. The van der Waals surface area contributed by atoms with Crippen LogP contribution in [0.2, 0.25) is 0 Å². The molecule has 1 N–H and O–H groups in total. The molecule has 1 atom stereocenters. The van der Waals surface area contributed by atoms with Gasteiger partial charge in [-0.15, -0.1) is 0 Å². The lowest BCUT2D eigenvalue weighted by Crippen LogP contribution is -2.45. The van der Waals surface area contributed by atoms with Crippen LogP contribution in [0.15, 0.2) is 0 Å². The van der Waals surface area contributed by atoms with E-state index in [0.717, 1.165) is 0 Å². The van der Waals surface area contributed by atoms with Gasteiger partial charge in [-0.2, -0.15) is 0 Å². The molecule has 96 valence electrons. The Bertz CT molecular complexity index is 359. The SMILES string of the molecule is CC1(C)C(N2CC(C(=O)O)CCC2=O)C1(C)C. The van der Waals surface area contributed by atoms with Crippen LogP contribution < -0.4 is 0 Å². The minimum atomic E-state index is -0.779. The fraction of sp³-hybridized carbons (Fsp3) is 0.846. The van der Waals surface area contributed by atoms with Gasteiger partial charge in [-0.1, -0.05) is 27.7 Å². The highest BCUT2D eigenvalue weighted by Crippen LogP contribution is 2.65. The average molecular weight is 239 g/mol. The summed E-state index contributed by atoms with van der Waals surface area (Å²) >= 11 is 0. The summed E-state index contributed by atoms with van der Waals surface area (Å²) in [5.74, 6) is -1.05. The summed E-state index contributed by atoms with van der Waals surface area (Å²) in [6.45, 7) is 8.97. The van der Waals surface area contributed by atoms with E-state index in [1.807, 2.05) is 4.90 Å². The van der Waals surface area contributed by atoms with E-state index in [4.69, 9.17) is 5.11 Å². The average Bonchev–Trinajstić information content (AvgIpc) is 2.59. The first-order valence-electron chi connectivity index (χ1n) is 6.22. The standard InChI is InChI=1S/C13H21NO3/c1-12(2)11(13(12,3)4)14-7-8(10(16)17)5-6-9(14)15/h8,11H,5-7H2,1-4H3,(H,16,17). The van der Waals surface area contributed by atoms with Gasteiger partial charge in [0.05, 0.1) is 5.92 Å². The normalized spacial score (nSPS) is 31.4. The van der Waals surface area contributed by atoms with Crippen LogP contribution in [0.25, 0.3) is 0 Å². The van der Waals surface area contributed by atoms with Gasteiger partial charge >= 0.3 is 5.97 Å². The molecule has 4 heteroatoms. The van der Waals surface area contributed by atoms with Crippen molar-refractivity contribution in [1.29, 1.82) is 0 Å². The van der Waals surface area contributed by atoms with Crippen LogP contribution in [0.3, 0.4) is 0 Å². The molecule has 0 bridgehead atoms. The van der Waals surface area contributed by atoms with Crippen LogP contribution in [0.5, 0.6) is 0 Å². The maximum atomic E-state index is 12.0. The number of hydrogen-bond donors (Lipinski definition) is 1. The summed E-state index contributed by atoms with van der Waals surface area (Å²) in [6.07, 6.45) is 0.859. The van der Waals surface area contributed by atoms with Crippen molar-refractivity contribution >= 4 is 11.9 Å². The van der Waals surface area contributed by atoms with E-state index in [2.05, 4.69) is 27.7 Å². The topological polar surface area (TPSA) is 57.6 Å². The van der Waals surface area contributed by atoms with Crippen molar-refractivity contribution < 1.29 is 14.7 Å². The highest BCUT2D eigenvalue weighted by Gasteiger charge is 2.68. The van der Waals surface area contributed by atoms with Crippen molar-refractivity contribution in [3.05, 3.63) is 0 Å². The van der Waals surface area contributed by atoms with Gasteiger partial charge in [0.2, 0.25) is 5.91 Å². The molecule has 1 aliphatic heterocycles. The van der Waals surface area contributed by atoms with Gasteiger partial charge in [0, 0.05) is 19.0 Å². The summed E-state index contributed by atoms with van der Waals surface area (Å²) in [5.41, 5.74) is 0.173. The Labute approximate surface area is 102 Å². The molecule has 1 unspecified atom stereocenters. The first kappa shape index (κ1) is 12.4. The summed E-state index contributed by atoms with van der Waals surface area (Å²) in [7, 11) is 0. The van der Waals surface area contributed by atoms with Crippen molar-refractivity contribution in [2.75, 3.05) is 6.54 Å². The van der Waals surface area contributed by atoms with E-state index in [-0.39, 0.29) is 28.7 Å². The van der Waals surface area contributed by atoms with Gasteiger partial charge in [-0.25, -0.2) is 0 Å². The number of hydrogen-bond acceptors (Lipinski definition) is 2. The Morgan fingerprint density at radius 2 is 1.82 bits per heavy atom. The largest absolute Gasteiger partial charge is 0.481 e. The number of carboxylic acids is 1. The Morgan fingerprint density at radius 1 is 1.29 bits per heavy atom. The quantitative estimate of drug-likeness (QED) is 0.798. The number of piperidine rings is 1. The number of carbonyl (C=O) groups is 2. The molecule has 0 aromatic heterocycles. The number of amides is 1. The molecule has 2 rings (SSSR count). The molecule has 17 heavy (non-hydrogen) atoms. The Kier molecular flexibility index (Phi) is 2.53. The smallest absolute Gasteiger partial charge is 0.308 e. The zero-order valence-electron chi connectivity index (χ0n) is 11.0. The Balaban J connectivity index is 2.16. The van der Waals surface area contributed by atoms with Gasteiger partial charge in [0.25, 0.3) is 0 Å². The molecule has 0 radical (unpaired) electrons. The second kappa shape index (κ2) is 3.47. The second-order valence-electron chi connectivity index (χ2n) is 6.47. The van der Waals surface area contributed by atoms with Crippen molar-refractivity contribution in [2.24, 2.45) is 16.7 Å². The van der Waals surface area contributed by atoms with Crippen LogP contribution in [-0.4, -0.2) is 34.5 Å². The maximum Gasteiger partial charge on any atom is 0.308 e. The molecule has 4 nitrogen and oxygen atoms in total. The van der Waals surface area contributed by atoms with Crippen molar-refractivity contribution in [3.63, 3.8) is 0 Å². The number of nitrogens with zero attached hydrogens (tertiary/aromatic N) is 1. The van der Waals surface area contributed by atoms with E-state index in [9.17, 15) is 9.59 Å². The highest BCUT2D eigenvalue weighted by molar-refractivity contribution is 5.81. The number of likely N-dealkylation sites (tertiary alicyclic amines) is 1. The van der Waals surface area contributed by atoms with Gasteiger partial charge in [0.1, 0.15) is 0 Å². The lowest BCUT2D eigenvalue weighted by Gasteiger charge is -2.32. The van der Waals surface area contributed by atoms with E-state index in [1.165, 1.54) is 0 Å². The molecular formula is C13H21NO3. The van der Waals surface area contributed by atoms with Gasteiger partial charge in [-0.3, -0.25) is 9.59 Å². The van der Waals surface area contributed by atoms with E-state index >= 15 is 0 Å². The minimum Gasteiger partial charge on any atom is -0.481 e. The van der Waals surface area contributed by atoms with E-state index < -0.39 is 5.97 Å². The van der Waals surface area contributed by atoms with Crippen molar-refractivity contribution in [1.82, 2.24) is 4.90 Å². The first-order valence-corrected chi connectivity index (χ1v) is 6.22. The zero-order valence-corrected chi connectivity index (χ0v) is 11.0. The van der Waals surface area contributed by atoms with Crippen LogP contribution in [0.4, 0.5) is 0 Å². The molecular weight excluding hydrogens is 218 g/mol. The molecule has 2 fully saturated rings. The van der Waals surface area contributed by atoms with Gasteiger partial charge in [-0.05, 0) is 17.3 Å². The predicted molar refractivity (Wildman–Crippen MR) is 63.4 cm³/mol. The molecule has 1 amide bonds.